The van der Waals surface area contributed by atoms with E-state index in [0.29, 0.717) is 17.1 Å². The lowest BCUT2D eigenvalue weighted by Crippen LogP contribution is -1.97. The third-order valence-electron chi connectivity index (χ3n) is 2.67. The van der Waals surface area contributed by atoms with Crippen molar-refractivity contribution in [2.75, 3.05) is 14.2 Å². The van der Waals surface area contributed by atoms with Crippen molar-refractivity contribution in [1.29, 1.82) is 0 Å². The Hall–Kier alpha value is -2.04. The van der Waals surface area contributed by atoms with Crippen LogP contribution in [0.5, 0.6) is 11.5 Å². The molecular weight excluding hydrogens is 234 g/mol. The van der Waals surface area contributed by atoms with Gasteiger partial charge in [0.2, 0.25) is 5.70 Å². The van der Waals surface area contributed by atoms with Gasteiger partial charge in [-0.15, -0.1) is 0 Å². The van der Waals surface area contributed by atoms with Gasteiger partial charge in [0.15, 0.2) is 0 Å². The molecule has 0 radical (unpaired) electrons. The zero-order valence-corrected chi connectivity index (χ0v) is 11.0. The van der Waals surface area contributed by atoms with E-state index < -0.39 is 4.92 Å². The third kappa shape index (κ3) is 3.00. The maximum Gasteiger partial charge on any atom is 0.243 e. The lowest BCUT2D eigenvalue weighted by atomic mass is 10.1. The van der Waals surface area contributed by atoms with Gasteiger partial charge in [0.05, 0.1) is 19.1 Å². The van der Waals surface area contributed by atoms with Crippen LogP contribution in [0, 0.1) is 10.1 Å². The first-order valence-electron chi connectivity index (χ1n) is 5.61. The number of methoxy groups -OCH3 is 2. The number of benzene rings is 1. The van der Waals surface area contributed by atoms with Gasteiger partial charge in [-0.3, -0.25) is 10.1 Å². The van der Waals surface area contributed by atoms with E-state index in [2.05, 4.69) is 0 Å². The molecule has 0 atom stereocenters. The third-order valence-corrected chi connectivity index (χ3v) is 2.67. The molecule has 0 aliphatic carbocycles. The minimum atomic E-state index is -0.431. The molecule has 0 fully saturated rings. The summed E-state index contributed by atoms with van der Waals surface area (Å²) in [5.74, 6) is 1.31. The maximum atomic E-state index is 10.6. The molecule has 0 amide bonds. The highest BCUT2D eigenvalue weighted by atomic mass is 16.6. The van der Waals surface area contributed by atoms with Crippen molar-refractivity contribution in [2.45, 2.75) is 20.3 Å². The van der Waals surface area contributed by atoms with Gasteiger partial charge in [-0.25, -0.2) is 0 Å². The van der Waals surface area contributed by atoms with Gasteiger partial charge >= 0.3 is 0 Å². The van der Waals surface area contributed by atoms with Crippen LogP contribution < -0.4 is 9.47 Å². The normalized spacial score (nSPS) is 11.2. The molecule has 0 aliphatic rings. The van der Waals surface area contributed by atoms with Crippen LogP contribution in [0.3, 0.4) is 0 Å². The zero-order chi connectivity index (χ0) is 13.7. The number of aryl methyl sites for hydroxylation is 1. The number of nitro groups is 1. The fourth-order valence-electron chi connectivity index (χ4n) is 1.65. The summed E-state index contributed by atoms with van der Waals surface area (Å²) in [5, 5.41) is 10.6. The number of nitrogens with zero attached hydrogens (tertiary/aromatic N) is 1. The Kier molecular flexibility index (Phi) is 4.71. The Morgan fingerprint density at radius 1 is 1.33 bits per heavy atom. The summed E-state index contributed by atoms with van der Waals surface area (Å²) in [6.07, 6.45) is 2.28. The molecule has 5 nitrogen and oxygen atoms in total. The SMILES string of the molecule is CCc1cc(OC)c(/C=C(/C)[N+](=O)[O-])cc1OC. The summed E-state index contributed by atoms with van der Waals surface area (Å²) >= 11 is 0. The van der Waals surface area contributed by atoms with Crippen LogP contribution in [0.2, 0.25) is 0 Å². The van der Waals surface area contributed by atoms with Gasteiger partial charge in [-0.2, -0.15) is 0 Å². The van der Waals surface area contributed by atoms with Crippen molar-refractivity contribution in [3.63, 3.8) is 0 Å². The van der Waals surface area contributed by atoms with Crippen LogP contribution >= 0.6 is 0 Å². The van der Waals surface area contributed by atoms with Gasteiger partial charge < -0.3 is 9.47 Å². The molecule has 0 bridgehead atoms. The van der Waals surface area contributed by atoms with Crippen LogP contribution in [0.15, 0.2) is 17.8 Å². The van der Waals surface area contributed by atoms with E-state index in [4.69, 9.17) is 9.47 Å². The summed E-state index contributed by atoms with van der Waals surface area (Å²) in [6, 6.07) is 3.60. The van der Waals surface area contributed by atoms with E-state index >= 15 is 0 Å². The molecule has 1 aromatic carbocycles. The molecule has 1 rings (SSSR count). The Morgan fingerprint density at radius 2 is 1.94 bits per heavy atom. The van der Waals surface area contributed by atoms with Gasteiger partial charge in [0.1, 0.15) is 11.5 Å². The first-order chi connectivity index (χ1) is 8.53. The lowest BCUT2D eigenvalue weighted by molar-refractivity contribution is -0.422. The van der Waals surface area contributed by atoms with E-state index in [1.807, 2.05) is 13.0 Å². The second kappa shape index (κ2) is 6.05. The van der Waals surface area contributed by atoms with Gasteiger partial charge in [0, 0.05) is 18.6 Å². The average molecular weight is 251 g/mol. The van der Waals surface area contributed by atoms with Crippen molar-refractivity contribution >= 4 is 6.08 Å². The van der Waals surface area contributed by atoms with Crippen molar-refractivity contribution in [1.82, 2.24) is 0 Å². The molecule has 0 spiro atoms. The first-order valence-corrected chi connectivity index (χ1v) is 5.61. The minimum Gasteiger partial charge on any atom is -0.496 e. The van der Waals surface area contributed by atoms with Crippen molar-refractivity contribution < 1.29 is 14.4 Å². The highest BCUT2D eigenvalue weighted by molar-refractivity contribution is 5.62. The van der Waals surface area contributed by atoms with Gasteiger partial charge in [-0.05, 0) is 24.1 Å². The predicted octanol–water partition coefficient (Wildman–Crippen LogP) is 2.90. The summed E-state index contributed by atoms with van der Waals surface area (Å²) in [7, 11) is 3.12. The Labute approximate surface area is 106 Å². The number of rotatable bonds is 5. The molecule has 0 saturated heterocycles. The molecule has 18 heavy (non-hydrogen) atoms. The minimum absolute atomic E-state index is 0.0552. The van der Waals surface area contributed by atoms with E-state index in [0.717, 1.165) is 12.0 Å². The van der Waals surface area contributed by atoms with Crippen LogP contribution in [-0.4, -0.2) is 19.1 Å². The molecule has 5 heteroatoms. The van der Waals surface area contributed by atoms with E-state index in [-0.39, 0.29) is 5.70 Å². The summed E-state index contributed by atoms with van der Waals surface area (Å²) in [5.41, 5.74) is 1.70. The average Bonchev–Trinajstić information content (AvgIpc) is 2.37. The molecule has 98 valence electrons. The molecule has 0 aliphatic heterocycles. The second-order valence-corrected chi connectivity index (χ2v) is 3.80. The smallest absolute Gasteiger partial charge is 0.243 e. The molecule has 0 N–H and O–H groups in total. The summed E-state index contributed by atoms with van der Waals surface area (Å²) in [6.45, 7) is 3.45. The number of hydrogen-bond donors (Lipinski definition) is 0. The standard InChI is InChI=1S/C13H17NO4/c1-5-10-7-13(18-4)11(8-12(10)17-3)6-9(2)14(15)16/h6-8H,5H2,1-4H3/b9-6-. The van der Waals surface area contributed by atoms with Gasteiger partial charge in [0.25, 0.3) is 0 Å². The fraction of sp³-hybridized carbons (Fsp3) is 0.385. The predicted molar refractivity (Wildman–Crippen MR) is 69.6 cm³/mol. The quantitative estimate of drug-likeness (QED) is 0.596. The van der Waals surface area contributed by atoms with Crippen LogP contribution in [0.25, 0.3) is 6.08 Å². The number of ether oxygens (including phenoxy) is 2. The van der Waals surface area contributed by atoms with Crippen LogP contribution in [0.1, 0.15) is 25.0 Å². The Balaban J connectivity index is 3.34. The molecule has 0 saturated carbocycles. The van der Waals surface area contributed by atoms with Gasteiger partial charge in [-0.1, -0.05) is 6.92 Å². The second-order valence-electron chi connectivity index (χ2n) is 3.80. The topological polar surface area (TPSA) is 61.6 Å². The lowest BCUT2D eigenvalue weighted by Gasteiger charge is -2.11. The highest BCUT2D eigenvalue weighted by Gasteiger charge is 2.11. The van der Waals surface area contributed by atoms with E-state index in [1.165, 1.54) is 13.0 Å². The first kappa shape index (κ1) is 14.0. The molecule has 0 heterocycles. The van der Waals surface area contributed by atoms with E-state index in [1.54, 1.807) is 20.3 Å². The molecule has 0 unspecified atom stereocenters. The van der Waals surface area contributed by atoms with Crippen molar-refractivity contribution in [2.24, 2.45) is 0 Å². The van der Waals surface area contributed by atoms with Crippen molar-refractivity contribution in [3.8, 4) is 11.5 Å². The summed E-state index contributed by atoms with van der Waals surface area (Å²) in [4.78, 5) is 10.2. The van der Waals surface area contributed by atoms with E-state index in [9.17, 15) is 10.1 Å². The van der Waals surface area contributed by atoms with Crippen molar-refractivity contribution in [3.05, 3.63) is 39.1 Å². The molecule has 1 aromatic rings. The zero-order valence-electron chi connectivity index (χ0n) is 11.0. The molecule has 0 aromatic heterocycles. The number of hydrogen-bond acceptors (Lipinski definition) is 4. The Bertz CT molecular complexity index is 480. The monoisotopic (exact) mass is 251 g/mol. The fourth-order valence-corrected chi connectivity index (χ4v) is 1.65. The maximum absolute atomic E-state index is 10.6. The summed E-state index contributed by atoms with van der Waals surface area (Å²) < 4.78 is 10.5. The number of allylic oxidation sites excluding steroid dienone is 1. The highest BCUT2D eigenvalue weighted by Crippen LogP contribution is 2.30. The molecular formula is C13H17NO4. The Morgan fingerprint density at radius 3 is 2.39 bits per heavy atom. The largest absolute Gasteiger partial charge is 0.496 e. The van der Waals surface area contributed by atoms with Crippen LogP contribution in [0.4, 0.5) is 0 Å². The van der Waals surface area contributed by atoms with Crippen LogP contribution in [-0.2, 0) is 6.42 Å².